The minimum absolute atomic E-state index is 0.348. The Hall–Kier alpha value is -2.03. The van der Waals surface area contributed by atoms with Crippen LogP contribution in [0.5, 0.6) is 0 Å². The van der Waals surface area contributed by atoms with Gasteiger partial charge < -0.3 is 4.79 Å². The van der Waals surface area contributed by atoms with Gasteiger partial charge in [0, 0.05) is 18.3 Å². The molecule has 3 nitrogen and oxygen atoms in total. The van der Waals surface area contributed by atoms with Crippen LogP contribution in [0.1, 0.15) is 16.8 Å². The molecule has 2 rings (SSSR count). The number of pyridine rings is 2. The lowest BCUT2D eigenvalue weighted by Gasteiger charge is -2.05. The molecule has 2 aromatic heterocycles. The van der Waals surface area contributed by atoms with Crippen molar-refractivity contribution in [2.45, 2.75) is 20.3 Å². The second-order valence-electron chi connectivity index (χ2n) is 4.11. The van der Waals surface area contributed by atoms with Crippen LogP contribution in [0.15, 0.2) is 30.5 Å². The number of carbonyl (C=O) groups excluding carboxylic acids is 1. The number of hydrogen-bond donors (Lipinski definition) is 0. The van der Waals surface area contributed by atoms with Gasteiger partial charge >= 0.3 is 0 Å². The van der Waals surface area contributed by atoms with Crippen LogP contribution in [0.2, 0.25) is 0 Å². The van der Waals surface area contributed by atoms with Gasteiger partial charge in [-0.2, -0.15) is 0 Å². The Morgan fingerprint density at radius 3 is 2.59 bits per heavy atom. The molecule has 2 aromatic rings. The molecule has 0 aliphatic heterocycles. The first kappa shape index (κ1) is 11.5. The third kappa shape index (κ3) is 2.75. The van der Waals surface area contributed by atoms with E-state index in [0.717, 1.165) is 34.5 Å². The summed E-state index contributed by atoms with van der Waals surface area (Å²) >= 11 is 0. The zero-order valence-corrected chi connectivity index (χ0v) is 9.97. The highest BCUT2D eigenvalue weighted by molar-refractivity contribution is 5.59. The number of aldehydes is 1. The zero-order chi connectivity index (χ0) is 12.3. The summed E-state index contributed by atoms with van der Waals surface area (Å²) in [6, 6.07) is 7.85. The maximum absolute atomic E-state index is 10.5. The Balaban J connectivity index is 2.47. The summed E-state index contributed by atoms with van der Waals surface area (Å²) in [6.07, 6.45) is 2.99. The van der Waals surface area contributed by atoms with E-state index >= 15 is 0 Å². The second kappa shape index (κ2) is 4.87. The van der Waals surface area contributed by atoms with Crippen molar-refractivity contribution in [3.05, 3.63) is 47.3 Å². The molecule has 0 fully saturated rings. The predicted molar refractivity (Wildman–Crippen MR) is 66.7 cm³/mol. The lowest BCUT2D eigenvalue weighted by molar-refractivity contribution is -0.107. The van der Waals surface area contributed by atoms with Gasteiger partial charge in [0.05, 0.1) is 11.4 Å². The fourth-order valence-electron chi connectivity index (χ4n) is 1.74. The van der Waals surface area contributed by atoms with Crippen molar-refractivity contribution >= 4 is 6.29 Å². The number of rotatable bonds is 3. The van der Waals surface area contributed by atoms with E-state index in [1.54, 1.807) is 6.20 Å². The Bertz CT molecular complexity index is 550. The van der Waals surface area contributed by atoms with Crippen molar-refractivity contribution in [1.82, 2.24) is 9.97 Å². The number of nitrogens with zero attached hydrogens (tertiary/aromatic N) is 2. The molecule has 2 heterocycles. The number of hydrogen-bond acceptors (Lipinski definition) is 3. The zero-order valence-electron chi connectivity index (χ0n) is 9.97. The first-order valence-corrected chi connectivity index (χ1v) is 5.53. The summed E-state index contributed by atoms with van der Waals surface area (Å²) in [5.41, 5.74) is 4.70. The molecule has 0 atom stereocenters. The SMILES string of the molecule is Cc1ccnc(-c2cc(C)cc(CC=O)n2)c1. The number of carbonyl (C=O) groups is 1. The molecule has 0 aliphatic carbocycles. The van der Waals surface area contributed by atoms with E-state index in [0.29, 0.717) is 6.42 Å². The van der Waals surface area contributed by atoms with Crippen molar-refractivity contribution in [1.29, 1.82) is 0 Å². The van der Waals surface area contributed by atoms with Crippen LogP contribution in [0.25, 0.3) is 11.4 Å². The standard InChI is InChI=1S/C14H14N2O/c1-10-3-5-15-13(8-10)14-9-11(2)7-12(16-14)4-6-17/h3,5-9H,4H2,1-2H3. The van der Waals surface area contributed by atoms with E-state index < -0.39 is 0 Å². The van der Waals surface area contributed by atoms with E-state index in [-0.39, 0.29) is 0 Å². The monoisotopic (exact) mass is 226 g/mol. The third-order valence-corrected chi connectivity index (χ3v) is 2.49. The Morgan fingerprint density at radius 1 is 1.12 bits per heavy atom. The predicted octanol–water partition coefficient (Wildman–Crippen LogP) is 2.50. The minimum Gasteiger partial charge on any atom is -0.303 e. The van der Waals surface area contributed by atoms with E-state index in [1.807, 2.05) is 38.1 Å². The van der Waals surface area contributed by atoms with E-state index in [2.05, 4.69) is 9.97 Å². The molecule has 0 radical (unpaired) electrons. The highest BCUT2D eigenvalue weighted by Gasteiger charge is 2.04. The average molecular weight is 226 g/mol. The maximum Gasteiger partial charge on any atom is 0.125 e. The Kier molecular flexibility index (Phi) is 3.28. The molecule has 0 saturated heterocycles. The fourth-order valence-corrected chi connectivity index (χ4v) is 1.74. The van der Waals surface area contributed by atoms with Crippen LogP contribution in [0, 0.1) is 13.8 Å². The summed E-state index contributed by atoms with van der Waals surface area (Å²) in [4.78, 5) is 19.3. The van der Waals surface area contributed by atoms with Crippen molar-refractivity contribution < 1.29 is 4.79 Å². The van der Waals surface area contributed by atoms with Gasteiger partial charge in [-0.3, -0.25) is 9.97 Å². The van der Waals surface area contributed by atoms with Crippen LogP contribution in [-0.2, 0) is 11.2 Å². The van der Waals surface area contributed by atoms with Crippen molar-refractivity contribution in [3.8, 4) is 11.4 Å². The Morgan fingerprint density at radius 2 is 1.88 bits per heavy atom. The molecule has 0 aromatic carbocycles. The third-order valence-electron chi connectivity index (χ3n) is 2.49. The number of aromatic nitrogens is 2. The number of aryl methyl sites for hydroxylation is 2. The van der Waals surface area contributed by atoms with Crippen LogP contribution >= 0.6 is 0 Å². The molecule has 3 heteroatoms. The topological polar surface area (TPSA) is 42.9 Å². The van der Waals surface area contributed by atoms with Gasteiger partial charge in [0.15, 0.2) is 0 Å². The normalized spacial score (nSPS) is 10.2. The van der Waals surface area contributed by atoms with Gasteiger partial charge in [-0.15, -0.1) is 0 Å². The van der Waals surface area contributed by atoms with E-state index in [4.69, 9.17) is 0 Å². The smallest absolute Gasteiger partial charge is 0.125 e. The van der Waals surface area contributed by atoms with Gasteiger partial charge in [0.25, 0.3) is 0 Å². The minimum atomic E-state index is 0.348. The van der Waals surface area contributed by atoms with Gasteiger partial charge in [0.2, 0.25) is 0 Å². The first-order chi connectivity index (χ1) is 8.19. The largest absolute Gasteiger partial charge is 0.303 e. The summed E-state index contributed by atoms with van der Waals surface area (Å²) < 4.78 is 0. The van der Waals surface area contributed by atoms with Gasteiger partial charge in [-0.05, 0) is 49.2 Å². The van der Waals surface area contributed by atoms with Gasteiger partial charge in [-0.25, -0.2) is 0 Å². The van der Waals surface area contributed by atoms with Crippen LogP contribution in [-0.4, -0.2) is 16.3 Å². The molecule has 86 valence electrons. The summed E-state index contributed by atoms with van der Waals surface area (Å²) in [5.74, 6) is 0. The molecule has 0 unspecified atom stereocenters. The quantitative estimate of drug-likeness (QED) is 0.755. The van der Waals surface area contributed by atoms with Crippen LogP contribution < -0.4 is 0 Å². The van der Waals surface area contributed by atoms with E-state index in [1.165, 1.54) is 0 Å². The molecule has 0 amide bonds. The highest BCUT2D eigenvalue weighted by Crippen LogP contribution is 2.17. The molecule has 17 heavy (non-hydrogen) atoms. The molecule has 0 saturated carbocycles. The van der Waals surface area contributed by atoms with Gasteiger partial charge in [-0.1, -0.05) is 0 Å². The fraction of sp³-hybridized carbons (Fsp3) is 0.214. The molecule has 0 bridgehead atoms. The summed E-state index contributed by atoms with van der Waals surface area (Å²) in [5, 5.41) is 0. The molecule has 0 N–H and O–H groups in total. The lowest BCUT2D eigenvalue weighted by atomic mass is 10.1. The van der Waals surface area contributed by atoms with Crippen molar-refractivity contribution in [3.63, 3.8) is 0 Å². The Labute approximate surface area is 101 Å². The van der Waals surface area contributed by atoms with Crippen LogP contribution in [0.3, 0.4) is 0 Å². The van der Waals surface area contributed by atoms with Crippen molar-refractivity contribution in [2.75, 3.05) is 0 Å². The summed E-state index contributed by atoms with van der Waals surface area (Å²) in [7, 11) is 0. The van der Waals surface area contributed by atoms with E-state index in [9.17, 15) is 4.79 Å². The van der Waals surface area contributed by atoms with Crippen LogP contribution in [0.4, 0.5) is 0 Å². The molecule has 0 aliphatic rings. The summed E-state index contributed by atoms with van der Waals surface area (Å²) in [6.45, 7) is 4.02. The molecule has 0 spiro atoms. The van der Waals surface area contributed by atoms with Crippen molar-refractivity contribution in [2.24, 2.45) is 0 Å². The van der Waals surface area contributed by atoms with Gasteiger partial charge in [0.1, 0.15) is 6.29 Å². The highest BCUT2D eigenvalue weighted by atomic mass is 16.1. The second-order valence-corrected chi connectivity index (χ2v) is 4.11. The lowest BCUT2D eigenvalue weighted by Crippen LogP contribution is -1.96. The average Bonchev–Trinajstić information content (AvgIpc) is 2.28. The molecular formula is C14H14N2O. The first-order valence-electron chi connectivity index (χ1n) is 5.53. The molecular weight excluding hydrogens is 212 g/mol. The maximum atomic E-state index is 10.5.